The Balaban J connectivity index is 1.41. The van der Waals surface area contributed by atoms with Crippen molar-refractivity contribution in [3.8, 4) is 0 Å². The molecular weight excluding hydrogens is 248 g/mol. The summed E-state index contributed by atoms with van der Waals surface area (Å²) in [5.41, 5.74) is 0. The van der Waals surface area contributed by atoms with E-state index >= 15 is 0 Å². The molecule has 20 heavy (non-hydrogen) atoms. The van der Waals surface area contributed by atoms with Crippen LogP contribution >= 0.6 is 0 Å². The number of nitrogens with zero attached hydrogens (tertiary/aromatic N) is 2. The van der Waals surface area contributed by atoms with Gasteiger partial charge in [-0.3, -0.25) is 0 Å². The average molecular weight is 282 g/mol. The summed E-state index contributed by atoms with van der Waals surface area (Å²) < 4.78 is 2.56. The second-order valence-electron chi connectivity index (χ2n) is 8.16. The molecule has 0 aromatic heterocycles. The minimum atomic E-state index is 0.00384. The number of piperidine rings is 4. The average Bonchev–Trinajstić information content (AvgIpc) is 2.46. The number of aliphatic hydroxyl groups is 1. The Morgan fingerprint density at radius 3 is 2.20 bits per heavy atom. The number of hydrogen-bond acceptors (Lipinski definition) is 1. The van der Waals surface area contributed by atoms with Gasteiger partial charge < -0.3 is 14.1 Å². The maximum atomic E-state index is 10.1. The second-order valence-corrected chi connectivity index (χ2v) is 8.16. The molecule has 4 fully saturated rings. The molecule has 0 saturated carbocycles. The highest BCUT2D eigenvalue weighted by molar-refractivity contribution is 4.79. The molecule has 0 radical (unpaired) electrons. The summed E-state index contributed by atoms with van der Waals surface area (Å²) in [5.74, 6) is 0.632. The van der Waals surface area contributed by atoms with Crippen LogP contribution in [-0.4, -0.2) is 73.0 Å². The van der Waals surface area contributed by atoms with Crippen LogP contribution in [0.3, 0.4) is 0 Å². The van der Waals surface area contributed by atoms with Crippen LogP contribution < -0.4 is 0 Å². The number of aliphatic hydroxyl groups excluding tert-OH is 1. The number of unbranched alkanes of at least 4 members (excludes halogenated alkanes) is 1. The molecule has 3 heteroatoms. The van der Waals surface area contributed by atoms with Crippen molar-refractivity contribution in [2.24, 2.45) is 5.92 Å². The molecule has 0 aromatic rings. The fourth-order valence-electron chi connectivity index (χ4n) is 5.00. The quantitative estimate of drug-likeness (QED) is 0.604. The molecule has 4 aliphatic heterocycles. The maximum Gasteiger partial charge on any atom is 0.106 e. The largest absolute Gasteiger partial charge is 0.387 e. The zero-order chi connectivity index (χ0) is 14.1. The van der Waals surface area contributed by atoms with Crippen LogP contribution in [0.1, 0.15) is 44.9 Å². The minimum absolute atomic E-state index is 0.00384. The van der Waals surface area contributed by atoms with Crippen molar-refractivity contribution >= 4 is 0 Å². The van der Waals surface area contributed by atoms with E-state index in [0.29, 0.717) is 5.92 Å². The summed E-state index contributed by atoms with van der Waals surface area (Å²) in [4.78, 5) is 0. The van der Waals surface area contributed by atoms with Gasteiger partial charge >= 0.3 is 0 Å². The third-order valence-electron chi connectivity index (χ3n) is 6.54. The number of quaternary nitrogens is 2. The Hall–Kier alpha value is -0.120. The van der Waals surface area contributed by atoms with Gasteiger partial charge in [0.15, 0.2) is 0 Å². The van der Waals surface area contributed by atoms with Gasteiger partial charge in [-0.05, 0) is 19.3 Å². The van der Waals surface area contributed by atoms with Gasteiger partial charge in [0.25, 0.3) is 0 Å². The van der Waals surface area contributed by atoms with E-state index in [2.05, 4.69) is 7.05 Å². The molecule has 3 nitrogen and oxygen atoms in total. The molecule has 4 aliphatic rings. The normalized spacial score (nSPS) is 39.9. The van der Waals surface area contributed by atoms with Crippen LogP contribution in [0.5, 0.6) is 0 Å². The first kappa shape index (κ1) is 14.8. The molecule has 116 valence electrons. The summed E-state index contributed by atoms with van der Waals surface area (Å²) in [7, 11) is 2.46. The van der Waals surface area contributed by atoms with Crippen molar-refractivity contribution < 1.29 is 14.1 Å². The monoisotopic (exact) mass is 282 g/mol. The van der Waals surface area contributed by atoms with E-state index in [0.717, 1.165) is 6.54 Å². The minimum Gasteiger partial charge on any atom is -0.387 e. The molecule has 1 unspecified atom stereocenters. The van der Waals surface area contributed by atoms with Gasteiger partial charge in [0.2, 0.25) is 0 Å². The molecule has 4 rings (SSSR count). The van der Waals surface area contributed by atoms with E-state index < -0.39 is 0 Å². The van der Waals surface area contributed by atoms with Crippen LogP contribution in [0.4, 0.5) is 0 Å². The molecule has 0 amide bonds. The number of likely N-dealkylation sites (tertiary alicyclic amines) is 1. The highest BCUT2D eigenvalue weighted by atomic mass is 16.3. The molecule has 0 aromatic carbocycles. The molecule has 1 atom stereocenters. The topological polar surface area (TPSA) is 20.2 Å². The van der Waals surface area contributed by atoms with Gasteiger partial charge in [-0.1, -0.05) is 0 Å². The molecular formula is C17H34N2O+2. The van der Waals surface area contributed by atoms with Crippen molar-refractivity contribution in [3.05, 3.63) is 0 Å². The van der Waals surface area contributed by atoms with Crippen LogP contribution in [0.2, 0.25) is 0 Å². The third kappa shape index (κ3) is 3.20. The zero-order valence-electron chi connectivity index (χ0n) is 13.4. The van der Waals surface area contributed by atoms with Crippen LogP contribution in [0, 0.1) is 5.92 Å². The second kappa shape index (κ2) is 5.94. The highest BCUT2D eigenvalue weighted by Crippen LogP contribution is 2.34. The lowest BCUT2D eigenvalue weighted by Crippen LogP contribution is -2.63. The number of fused-ring (bicyclic) bond motifs is 3. The SMILES string of the molecule is C[N+]1(CCCC[N+]23CCC(CC2)C(O)C3)CCCCC1. The molecule has 2 bridgehead atoms. The number of hydrogen-bond donors (Lipinski definition) is 1. The smallest absolute Gasteiger partial charge is 0.106 e. The van der Waals surface area contributed by atoms with Crippen molar-refractivity contribution in [2.75, 3.05) is 52.9 Å². The van der Waals surface area contributed by atoms with E-state index in [9.17, 15) is 5.11 Å². The molecule has 1 N–H and O–H groups in total. The summed E-state index contributed by atoms with van der Waals surface area (Å²) in [6, 6.07) is 0. The van der Waals surface area contributed by atoms with Gasteiger partial charge in [0, 0.05) is 31.6 Å². The Bertz CT molecular complexity index is 317. The van der Waals surface area contributed by atoms with Crippen molar-refractivity contribution in [3.63, 3.8) is 0 Å². The summed E-state index contributed by atoms with van der Waals surface area (Å²) in [5, 5.41) is 10.1. The number of rotatable bonds is 5. The lowest BCUT2D eigenvalue weighted by molar-refractivity contribution is -0.947. The Morgan fingerprint density at radius 2 is 1.55 bits per heavy atom. The molecule has 0 spiro atoms. The highest BCUT2D eigenvalue weighted by Gasteiger charge is 2.44. The van der Waals surface area contributed by atoms with Crippen LogP contribution in [0.25, 0.3) is 0 Å². The fourth-order valence-corrected chi connectivity index (χ4v) is 5.00. The van der Waals surface area contributed by atoms with E-state index in [1.54, 1.807) is 0 Å². The van der Waals surface area contributed by atoms with Gasteiger partial charge in [-0.15, -0.1) is 0 Å². The van der Waals surface area contributed by atoms with Gasteiger partial charge in [0.1, 0.15) is 12.6 Å². The predicted molar refractivity (Wildman–Crippen MR) is 82.3 cm³/mol. The summed E-state index contributed by atoms with van der Waals surface area (Å²) >= 11 is 0. The van der Waals surface area contributed by atoms with Gasteiger partial charge in [-0.25, -0.2) is 0 Å². The van der Waals surface area contributed by atoms with Gasteiger partial charge in [-0.2, -0.15) is 0 Å². The summed E-state index contributed by atoms with van der Waals surface area (Å²) in [6.45, 7) is 9.24. The third-order valence-corrected chi connectivity index (χ3v) is 6.54. The maximum absolute atomic E-state index is 10.1. The van der Waals surface area contributed by atoms with Crippen molar-refractivity contribution in [1.29, 1.82) is 0 Å². The fraction of sp³-hybridized carbons (Fsp3) is 1.00. The Morgan fingerprint density at radius 1 is 0.900 bits per heavy atom. The standard InChI is InChI=1S/C17H34N2O/c1-18(9-3-2-4-10-18)11-5-6-12-19-13-7-16(8-14-19)17(20)15-19/h16-17,20H,2-15H2,1H3/q+2. The van der Waals surface area contributed by atoms with E-state index in [1.807, 2.05) is 0 Å². The van der Waals surface area contributed by atoms with Gasteiger partial charge in [0.05, 0.1) is 46.3 Å². The summed E-state index contributed by atoms with van der Waals surface area (Å²) in [6.07, 6.45) is 9.62. The first-order valence-corrected chi connectivity index (χ1v) is 8.98. The van der Waals surface area contributed by atoms with Crippen molar-refractivity contribution in [2.45, 2.75) is 51.0 Å². The van der Waals surface area contributed by atoms with Crippen LogP contribution in [0.15, 0.2) is 0 Å². The Kier molecular flexibility index (Phi) is 4.40. The molecule has 0 aliphatic carbocycles. The van der Waals surface area contributed by atoms with Crippen LogP contribution in [-0.2, 0) is 0 Å². The lowest BCUT2D eigenvalue weighted by atomic mass is 9.83. The van der Waals surface area contributed by atoms with Crippen molar-refractivity contribution in [1.82, 2.24) is 0 Å². The first-order valence-electron chi connectivity index (χ1n) is 8.98. The predicted octanol–water partition coefficient (Wildman–Crippen LogP) is 2.00. The van der Waals surface area contributed by atoms with E-state index in [4.69, 9.17) is 0 Å². The zero-order valence-corrected chi connectivity index (χ0v) is 13.4. The molecule has 4 saturated heterocycles. The van der Waals surface area contributed by atoms with E-state index in [-0.39, 0.29) is 6.10 Å². The first-order chi connectivity index (χ1) is 9.61. The Labute approximate surface area is 124 Å². The lowest BCUT2D eigenvalue weighted by Gasteiger charge is -2.51. The molecule has 4 heterocycles. The van der Waals surface area contributed by atoms with E-state index in [1.165, 1.54) is 93.2 Å².